The minimum Gasteiger partial charge on any atom is -0.353 e. The maximum absolute atomic E-state index is 12.6. The molecule has 1 heterocycles. The van der Waals surface area contributed by atoms with Gasteiger partial charge >= 0.3 is 0 Å². The fourth-order valence-corrected chi connectivity index (χ4v) is 5.35. The predicted octanol–water partition coefficient (Wildman–Crippen LogP) is 2.21. The van der Waals surface area contributed by atoms with Crippen molar-refractivity contribution in [3.63, 3.8) is 0 Å². The number of benzene rings is 1. The van der Waals surface area contributed by atoms with E-state index in [1.54, 1.807) is 23.1 Å². The molecule has 0 spiro atoms. The number of nitrogens with one attached hydrogen (secondary N) is 1. The van der Waals surface area contributed by atoms with Crippen LogP contribution in [0.15, 0.2) is 23.1 Å². The Hall–Kier alpha value is -1.89. The predicted molar refractivity (Wildman–Crippen MR) is 102 cm³/mol. The normalized spacial score (nSPS) is 19.9. The van der Waals surface area contributed by atoms with Gasteiger partial charge in [-0.1, -0.05) is 12.8 Å². The zero-order valence-electron chi connectivity index (χ0n) is 15.4. The van der Waals surface area contributed by atoms with Crippen LogP contribution in [0.5, 0.6) is 0 Å². The number of carbonyl (C=O) groups is 2. The second-order valence-corrected chi connectivity index (χ2v) is 10.0. The summed E-state index contributed by atoms with van der Waals surface area (Å²) in [5.74, 6) is -0.0618. The lowest BCUT2D eigenvalue weighted by Crippen LogP contribution is -2.33. The third kappa shape index (κ3) is 4.03. The van der Waals surface area contributed by atoms with Crippen LogP contribution in [0.25, 0.3) is 0 Å². The summed E-state index contributed by atoms with van der Waals surface area (Å²) in [6.45, 7) is 0.623. The summed E-state index contributed by atoms with van der Waals surface area (Å²) in [6.07, 6.45) is 6.80. The summed E-state index contributed by atoms with van der Waals surface area (Å²) in [4.78, 5) is 26.4. The first-order chi connectivity index (χ1) is 12.9. The Morgan fingerprint density at radius 3 is 2.56 bits per heavy atom. The maximum Gasteiger partial charge on any atom is 0.230 e. The molecule has 0 unspecified atom stereocenters. The third-order valence-corrected chi connectivity index (χ3v) is 7.53. The van der Waals surface area contributed by atoms with E-state index in [4.69, 9.17) is 0 Å². The number of rotatable bonds is 6. The van der Waals surface area contributed by atoms with Gasteiger partial charge in [-0.25, -0.2) is 8.42 Å². The number of anilines is 1. The fraction of sp³-hybridized carbons (Fsp3) is 0.600. The Bertz CT molecular complexity index is 855. The zero-order chi connectivity index (χ0) is 19.0. The monoisotopic (exact) mass is 390 g/mol. The molecule has 0 radical (unpaired) electrons. The average molecular weight is 391 g/mol. The van der Waals surface area contributed by atoms with Crippen molar-refractivity contribution in [3.8, 4) is 0 Å². The van der Waals surface area contributed by atoms with Crippen molar-refractivity contribution in [1.29, 1.82) is 0 Å². The van der Waals surface area contributed by atoms with Crippen LogP contribution in [0.4, 0.5) is 5.69 Å². The summed E-state index contributed by atoms with van der Waals surface area (Å²) in [5, 5.41) is 2.93. The van der Waals surface area contributed by atoms with Gasteiger partial charge in [0.05, 0.1) is 10.6 Å². The number of carbonyl (C=O) groups excluding carboxylic acids is 2. The van der Waals surface area contributed by atoms with Crippen molar-refractivity contribution < 1.29 is 18.0 Å². The Morgan fingerprint density at radius 2 is 1.85 bits per heavy atom. The minimum atomic E-state index is -3.52. The van der Waals surface area contributed by atoms with E-state index >= 15 is 0 Å². The van der Waals surface area contributed by atoms with Crippen LogP contribution < -0.4 is 10.2 Å². The van der Waals surface area contributed by atoms with E-state index < -0.39 is 9.84 Å². The molecule has 4 rings (SSSR count). The van der Waals surface area contributed by atoms with Gasteiger partial charge in [0, 0.05) is 30.6 Å². The van der Waals surface area contributed by atoms with Gasteiger partial charge in [-0.2, -0.15) is 0 Å². The van der Waals surface area contributed by atoms with Crippen molar-refractivity contribution in [2.24, 2.45) is 5.92 Å². The van der Waals surface area contributed by atoms with E-state index in [-0.39, 0.29) is 40.8 Å². The molecule has 2 aliphatic carbocycles. The molecule has 0 bridgehead atoms. The number of nitrogens with zero attached hydrogens (tertiary/aromatic N) is 1. The summed E-state index contributed by atoms with van der Waals surface area (Å²) >= 11 is 0. The number of sulfone groups is 1. The Balaban J connectivity index is 1.40. The SMILES string of the molecule is O=C(CCS(=O)(=O)c1ccc2c(c1)CCN2C(=O)C1CC1)NC1CCCC1. The lowest BCUT2D eigenvalue weighted by molar-refractivity contribution is -0.121. The highest BCUT2D eigenvalue weighted by molar-refractivity contribution is 7.91. The van der Waals surface area contributed by atoms with Gasteiger partial charge in [0.2, 0.25) is 11.8 Å². The first-order valence-corrected chi connectivity index (χ1v) is 11.6. The molecule has 2 saturated carbocycles. The summed E-state index contributed by atoms with van der Waals surface area (Å²) < 4.78 is 25.3. The highest BCUT2D eigenvalue weighted by atomic mass is 32.2. The topological polar surface area (TPSA) is 83.6 Å². The molecular weight excluding hydrogens is 364 g/mol. The van der Waals surface area contributed by atoms with Crippen molar-refractivity contribution in [1.82, 2.24) is 5.32 Å². The molecule has 2 amide bonds. The molecule has 0 aromatic heterocycles. The minimum absolute atomic E-state index is 0.0117. The van der Waals surface area contributed by atoms with Gasteiger partial charge in [-0.05, 0) is 55.9 Å². The van der Waals surface area contributed by atoms with Crippen LogP contribution in [-0.4, -0.2) is 38.6 Å². The van der Waals surface area contributed by atoms with Crippen LogP contribution >= 0.6 is 0 Å². The Kier molecular flexibility index (Phi) is 4.97. The lowest BCUT2D eigenvalue weighted by Gasteiger charge is -2.17. The molecule has 1 N–H and O–H groups in total. The first kappa shape index (κ1) is 18.5. The molecule has 1 aliphatic heterocycles. The van der Waals surface area contributed by atoms with E-state index in [1.165, 1.54) is 0 Å². The molecule has 1 aromatic rings. The Morgan fingerprint density at radius 1 is 1.11 bits per heavy atom. The van der Waals surface area contributed by atoms with Gasteiger partial charge in [0.1, 0.15) is 0 Å². The average Bonchev–Trinajstić information content (AvgIpc) is 3.21. The van der Waals surface area contributed by atoms with Gasteiger partial charge in [-0.3, -0.25) is 9.59 Å². The van der Waals surface area contributed by atoms with E-state index in [9.17, 15) is 18.0 Å². The molecule has 146 valence electrons. The van der Waals surface area contributed by atoms with E-state index in [1.807, 2.05) is 0 Å². The number of hydrogen-bond donors (Lipinski definition) is 1. The molecule has 0 atom stereocenters. The molecule has 1 aromatic carbocycles. The maximum atomic E-state index is 12.6. The van der Waals surface area contributed by atoms with Crippen LogP contribution in [0.2, 0.25) is 0 Å². The second-order valence-electron chi connectivity index (χ2n) is 7.92. The van der Waals surface area contributed by atoms with Crippen LogP contribution in [0.1, 0.15) is 50.5 Å². The van der Waals surface area contributed by atoms with Crippen LogP contribution in [0.3, 0.4) is 0 Å². The van der Waals surface area contributed by atoms with Gasteiger partial charge in [-0.15, -0.1) is 0 Å². The summed E-state index contributed by atoms with van der Waals surface area (Å²) in [7, 11) is -3.52. The van der Waals surface area contributed by atoms with Gasteiger partial charge in [0.15, 0.2) is 9.84 Å². The molecule has 7 heteroatoms. The fourth-order valence-electron chi connectivity index (χ4n) is 4.07. The van der Waals surface area contributed by atoms with E-state index in [0.717, 1.165) is 49.8 Å². The van der Waals surface area contributed by atoms with Crippen LogP contribution in [-0.2, 0) is 25.8 Å². The highest BCUT2D eigenvalue weighted by Gasteiger charge is 2.36. The molecular formula is C20H26N2O4S. The van der Waals surface area contributed by atoms with Crippen molar-refractivity contribution >= 4 is 27.3 Å². The lowest BCUT2D eigenvalue weighted by atomic mass is 10.2. The quantitative estimate of drug-likeness (QED) is 0.807. The van der Waals surface area contributed by atoms with E-state index in [0.29, 0.717) is 13.0 Å². The van der Waals surface area contributed by atoms with Gasteiger partial charge < -0.3 is 10.2 Å². The zero-order valence-corrected chi connectivity index (χ0v) is 16.3. The summed E-state index contributed by atoms with van der Waals surface area (Å²) in [5.41, 5.74) is 1.74. The standard InChI is InChI=1S/C20H26N2O4S/c23-19(21-16-3-1-2-4-16)10-12-27(25,26)17-7-8-18-15(13-17)9-11-22(18)20(24)14-5-6-14/h7-8,13-14,16H,1-6,9-12H2,(H,21,23). The molecule has 2 fully saturated rings. The van der Waals surface area contributed by atoms with Crippen LogP contribution in [0, 0.1) is 5.92 Å². The van der Waals surface area contributed by atoms with Crippen molar-refractivity contribution in [2.45, 2.75) is 62.3 Å². The molecule has 6 nitrogen and oxygen atoms in total. The second kappa shape index (κ2) is 7.26. The molecule has 0 saturated heterocycles. The smallest absolute Gasteiger partial charge is 0.230 e. The van der Waals surface area contributed by atoms with Crippen molar-refractivity contribution in [2.75, 3.05) is 17.2 Å². The Labute approximate surface area is 160 Å². The first-order valence-electron chi connectivity index (χ1n) is 9.90. The number of hydrogen-bond acceptors (Lipinski definition) is 4. The molecule has 3 aliphatic rings. The highest BCUT2D eigenvalue weighted by Crippen LogP contribution is 2.37. The number of fused-ring (bicyclic) bond motifs is 1. The van der Waals surface area contributed by atoms with Crippen molar-refractivity contribution in [3.05, 3.63) is 23.8 Å². The number of amides is 2. The van der Waals surface area contributed by atoms with E-state index in [2.05, 4.69) is 5.32 Å². The summed E-state index contributed by atoms with van der Waals surface area (Å²) in [6, 6.07) is 5.20. The largest absolute Gasteiger partial charge is 0.353 e. The van der Waals surface area contributed by atoms with Gasteiger partial charge in [0.25, 0.3) is 0 Å². The third-order valence-electron chi connectivity index (χ3n) is 5.82. The molecule has 27 heavy (non-hydrogen) atoms.